The van der Waals surface area contributed by atoms with E-state index in [1.165, 1.54) is 11.3 Å². The Hall–Kier alpha value is -2.08. The summed E-state index contributed by atoms with van der Waals surface area (Å²) in [4.78, 5) is 20.0. The van der Waals surface area contributed by atoms with Crippen LogP contribution in [-0.4, -0.2) is 34.0 Å². The molecule has 1 N–H and O–H groups in total. The van der Waals surface area contributed by atoms with Gasteiger partial charge in [0.05, 0.1) is 5.69 Å². The van der Waals surface area contributed by atoms with Crippen LogP contribution in [0.5, 0.6) is 0 Å². The average Bonchev–Trinajstić information content (AvgIpc) is 2.61. The Balaban J connectivity index is 1.66. The van der Waals surface area contributed by atoms with Crippen molar-refractivity contribution in [2.75, 3.05) is 19.0 Å². The number of nitrogens with one attached hydrogen (secondary N) is 1. The maximum atomic E-state index is 4.70. The lowest BCUT2D eigenvalue weighted by Gasteiger charge is -2.26. The van der Waals surface area contributed by atoms with Crippen molar-refractivity contribution in [3.8, 4) is 0 Å². The van der Waals surface area contributed by atoms with Crippen LogP contribution < -0.4 is 10.2 Å². The van der Waals surface area contributed by atoms with Crippen LogP contribution in [0, 0.1) is 0 Å². The summed E-state index contributed by atoms with van der Waals surface area (Å²) in [5.41, 5.74) is 3.52. The molecule has 0 radical (unpaired) electrons. The van der Waals surface area contributed by atoms with Gasteiger partial charge in [-0.3, -0.25) is 0 Å². The third-order valence-electron chi connectivity index (χ3n) is 4.35. The Morgan fingerprint density at radius 3 is 2.67 bits per heavy atom. The monoisotopic (exact) mass is 326 g/mol. The number of aromatic nitrogens is 4. The fourth-order valence-electron chi connectivity index (χ4n) is 3.03. The number of fused-ring (bicyclic) bond motifs is 1. The molecule has 0 aromatic carbocycles. The van der Waals surface area contributed by atoms with Crippen LogP contribution in [0.15, 0.2) is 18.6 Å². The third kappa shape index (κ3) is 3.87. The fourth-order valence-corrected chi connectivity index (χ4v) is 3.03. The molecular weight excluding hydrogens is 300 g/mol. The molecule has 2 aromatic heterocycles. The first kappa shape index (κ1) is 16.8. The molecule has 1 aliphatic carbocycles. The lowest BCUT2D eigenvalue weighted by Crippen LogP contribution is -2.26. The molecule has 0 fully saturated rings. The summed E-state index contributed by atoms with van der Waals surface area (Å²) < 4.78 is 0. The minimum Gasteiger partial charge on any atom is -0.347 e. The maximum absolute atomic E-state index is 4.70. The zero-order valence-electron chi connectivity index (χ0n) is 14.8. The maximum Gasteiger partial charge on any atom is 0.225 e. The number of nitrogens with zero attached hydrogens (tertiary/aromatic N) is 5. The molecule has 1 aliphatic rings. The molecule has 128 valence electrons. The van der Waals surface area contributed by atoms with Gasteiger partial charge < -0.3 is 10.2 Å². The van der Waals surface area contributed by atoms with Gasteiger partial charge in [-0.1, -0.05) is 6.92 Å². The minimum absolute atomic E-state index is 0.306. The van der Waals surface area contributed by atoms with Gasteiger partial charge in [-0.25, -0.2) is 19.9 Å². The van der Waals surface area contributed by atoms with E-state index in [0.29, 0.717) is 6.04 Å². The molecule has 2 aromatic rings. The van der Waals surface area contributed by atoms with Crippen molar-refractivity contribution in [3.63, 3.8) is 0 Å². The molecule has 0 saturated carbocycles. The van der Waals surface area contributed by atoms with Crippen LogP contribution in [0.25, 0.3) is 0 Å². The van der Waals surface area contributed by atoms with Crippen molar-refractivity contribution >= 4 is 5.95 Å². The van der Waals surface area contributed by atoms with Crippen LogP contribution in [0.1, 0.15) is 54.9 Å². The van der Waals surface area contributed by atoms with Crippen LogP contribution in [-0.2, 0) is 19.4 Å². The average molecular weight is 326 g/mol. The van der Waals surface area contributed by atoms with Gasteiger partial charge in [-0.15, -0.1) is 0 Å². The smallest absolute Gasteiger partial charge is 0.225 e. The van der Waals surface area contributed by atoms with Gasteiger partial charge in [0, 0.05) is 62.8 Å². The van der Waals surface area contributed by atoms with Crippen molar-refractivity contribution in [2.45, 2.75) is 51.6 Å². The highest BCUT2D eigenvalue weighted by molar-refractivity contribution is 5.34. The largest absolute Gasteiger partial charge is 0.347 e. The van der Waals surface area contributed by atoms with E-state index in [-0.39, 0.29) is 0 Å². The summed E-state index contributed by atoms with van der Waals surface area (Å²) in [5.74, 6) is 1.71. The van der Waals surface area contributed by atoms with Gasteiger partial charge >= 0.3 is 0 Å². The molecule has 1 atom stereocenters. The highest BCUT2D eigenvalue weighted by Gasteiger charge is 2.22. The van der Waals surface area contributed by atoms with Crippen LogP contribution >= 0.6 is 0 Å². The van der Waals surface area contributed by atoms with Crippen molar-refractivity contribution in [2.24, 2.45) is 0 Å². The first-order valence-electron chi connectivity index (χ1n) is 8.73. The predicted octanol–water partition coefficient (Wildman–Crippen LogP) is 2.45. The highest BCUT2D eigenvalue weighted by Crippen LogP contribution is 2.29. The van der Waals surface area contributed by atoms with Gasteiger partial charge in [0.1, 0.15) is 5.82 Å². The van der Waals surface area contributed by atoms with Crippen molar-refractivity contribution in [1.29, 1.82) is 0 Å². The van der Waals surface area contributed by atoms with Gasteiger partial charge in [0.15, 0.2) is 0 Å². The molecule has 3 rings (SSSR count). The number of rotatable bonds is 6. The topological polar surface area (TPSA) is 66.8 Å². The van der Waals surface area contributed by atoms with E-state index in [2.05, 4.69) is 27.2 Å². The first-order chi connectivity index (χ1) is 11.7. The third-order valence-corrected chi connectivity index (χ3v) is 4.35. The standard InChI is InChI=1S/C18H26N6/c1-4-6-17-20-10-13(11-21-17)9-19-15-7-5-8-16-14(15)12-22-18(23-16)24(2)3/h10-12,15,19H,4-9H2,1-3H3. The number of hydrogen-bond acceptors (Lipinski definition) is 6. The summed E-state index contributed by atoms with van der Waals surface area (Å²) >= 11 is 0. The summed E-state index contributed by atoms with van der Waals surface area (Å²) in [5, 5.41) is 3.62. The fraction of sp³-hybridized carbons (Fsp3) is 0.556. The number of hydrogen-bond donors (Lipinski definition) is 1. The molecular formula is C18H26N6. The van der Waals surface area contributed by atoms with Crippen molar-refractivity contribution in [1.82, 2.24) is 25.3 Å². The Morgan fingerprint density at radius 1 is 1.17 bits per heavy atom. The molecule has 0 aliphatic heterocycles. The molecule has 0 saturated heterocycles. The Kier molecular flexibility index (Phi) is 5.35. The van der Waals surface area contributed by atoms with E-state index in [0.717, 1.165) is 56.0 Å². The SMILES string of the molecule is CCCc1ncc(CNC2CCCc3nc(N(C)C)ncc32)cn1. The Bertz CT molecular complexity index is 668. The molecule has 0 amide bonds. The Labute approximate surface area is 143 Å². The highest BCUT2D eigenvalue weighted by atomic mass is 15.2. The lowest BCUT2D eigenvalue weighted by molar-refractivity contribution is 0.451. The van der Waals surface area contributed by atoms with Gasteiger partial charge in [0.2, 0.25) is 5.95 Å². The lowest BCUT2D eigenvalue weighted by atomic mass is 9.92. The molecule has 0 bridgehead atoms. The second-order valence-electron chi connectivity index (χ2n) is 6.55. The van der Waals surface area contributed by atoms with E-state index in [4.69, 9.17) is 4.98 Å². The molecule has 1 unspecified atom stereocenters. The molecule has 0 spiro atoms. The summed E-state index contributed by atoms with van der Waals surface area (Å²) in [7, 11) is 3.95. The van der Waals surface area contributed by atoms with E-state index in [1.807, 2.05) is 37.6 Å². The Morgan fingerprint density at radius 2 is 1.96 bits per heavy atom. The number of anilines is 1. The van der Waals surface area contributed by atoms with Gasteiger partial charge in [-0.05, 0) is 25.7 Å². The van der Waals surface area contributed by atoms with E-state index < -0.39 is 0 Å². The van der Waals surface area contributed by atoms with E-state index >= 15 is 0 Å². The normalized spacial score (nSPS) is 16.7. The first-order valence-corrected chi connectivity index (χ1v) is 8.73. The zero-order chi connectivity index (χ0) is 16.9. The van der Waals surface area contributed by atoms with Crippen LogP contribution in [0.3, 0.4) is 0 Å². The second kappa shape index (κ2) is 7.66. The molecule has 6 nitrogen and oxygen atoms in total. The van der Waals surface area contributed by atoms with Crippen molar-refractivity contribution < 1.29 is 0 Å². The van der Waals surface area contributed by atoms with E-state index in [9.17, 15) is 0 Å². The summed E-state index contributed by atoms with van der Waals surface area (Å²) in [6.45, 7) is 2.91. The predicted molar refractivity (Wildman–Crippen MR) is 94.9 cm³/mol. The van der Waals surface area contributed by atoms with E-state index in [1.54, 1.807) is 0 Å². The molecule has 6 heteroatoms. The summed E-state index contributed by atoms with van der Waals surface area (Å²) in [6, 6.07) is 0.306. The molecule has 24 heavy (non-hydrogen) atoms. The van der Waals surface area contributed by atoms with Crippen molar-refractivity contribution in [3.05, 3.63) is 41.2 Å². The van der Waals surface area contributed by atoms with Crippen LogP contribution in [0.2, 0.25) is 0 Å². The van der Waals surface area contributed by atoms with Crippen LogP contribution in [0.4, 0.5) is 5.95 Å². The second-order valence-corrected chi connectivity index (χ2v) is 6.55. The number of aryl methyl sites for hydroxylation is 2. The minimum atomic E-state index is 0.306. The quantitative estimate of drug-likeness (QED) is 0.879. The van der Waals surface area contributed by atoms with Gasteiger partial charge in [-0.2, -0.15) is 0 Å². The molecule has 2 heterocycles. The zero-order valence-corrected chi connectivity index (χ0v) is 14.8. The summed E-state index contributed by atoms with van der Waals surface area (Å²) in [6.07, 6.45) is 11.2. The van der Waals surface area contributed by atoms with Gasteiger partial charge in [0.25, 0.3) is 0 Å².